The Morgan fingerprint density at radius 1 is 1.33 bits per heavy atom. The summed E-state index contributed by atoms with van der Waals surface area (Å²) in [6, 6.07) is 0. The molecule has 0 amide bonds. The molecule has 0 aromatic carbocycles. The maximum absolute atomic E-state index is 11.3. The van der Waals surface area contributed by atoms with Crippen molar-refractivity contribution in [2.45, 2.75) is 27.2 Å². The zero-order chi connectivity index (χ0) is 9.94. The molecule has 0 rings (SSSR count). The lowest BCUT2D eigenvalue weighted by molar-refractivity contribution is -0.137. The van der Waals surface area contributed by atoms with Gasteiger partial charge in [-0.2, -0.15) is 0 Å². The molecule has 0 aliphatic carbocycles. The van der Waals surface area contributed by atoms with Crippen molar-refractivity contribution in [3.8, 4) is 0 Å². The highest BCUT2D eigenvalue weighted by molar-refractivity contribution is 6.01. The second-order valence-electron chi connectivity index (χ2n) is 3.75. The maximum atomic E-state index is 11.3. The first kappa shape index (κ1) is 10.9. The topological polar surface area (TPSA) is 54.4 Å². The summed E-state index contributed by atoms with van der Waals surface area (Å²) in [6.45, 7) is 8.65. The minimum absolute atomic E-state index is 0.162. The van der Waals surface area contributed by atoms with Gasteiger partial charge in [-0.15, -0.1) is 0 Å². The summed E-state index contributed by atoms with van der Waals surface area (Å²) in [7, 11) is 0. The molecule has 0 spiro atoms. The van der Waals surface area contributed by atoms with Crippen LogP contribution < -0.4 is 0 Å². The molecule has 0 atom stereocenters. The molecule has 0 bridgehead atoms. The minimum Gasteiger partial charge on any atom is -0.481 e. The summed E-state index contributed by atoms with van der Waals surface area (Å²) in [4.78, 5) is 21.6. The van der Waals surface area contributed by atoms with Gasteiger partial charge in [0.05, 0.1) is 6.42 Å². The van der Waals surface area contributed by atoms with E-state index in [-0.39, 0.29) is 17.8 Å². The first-order chi connectivity index (χ1) is 5.25. The van der Waals surface area contributed by atoms with E-state index in [1.165, 1.54) is 0 Å². The van der Waals surface area contributed by atoms with Crippen LogP contribution in [0.15, 0.2) is 12.2 Å². The molecule has 1 N–H and O–H groups in total. The van der Waals surface area contributed by atoms with Crippen LogP contribution in [0.4, 0.5) is 0 Å². The van der Waals surface area contributed by atoms with Crippen molar-refractivity contribution in [3.63, 3.8) is 0 Å². The number of carbonyl (C=O) groups excluding carboxylic acids is 1. The molecule has 0 fully saturated rings. The van der Waals surface area contributed by atoms with Gasteiger partial charge in [-0.25, -0.2) is 0 Å². The van der Waals surface area contributed by atoms with Crippen LogP contribution in [-0.4, -0.2) is 16.9 Å². The monoisotopic (exact) mass is 170 g/mol. The van der Waals surface area contributed by atoms with Crippen molar-refractivity contribution < 1.29 is 14.7 Å². The van der Waals surface area contributed by atoms with Gasteiger partial charge < -0.3 is 5.11 Å². The number of ketones is 1. The average molecular weight is 170 g/mol. The lowest BCUT2D eigenvalue weighted by Crippen LogP contribution is -2.22. The Hall–Kier alpha value is -1.12. The van der Waals surface area contributed by atoms with Crippen molar-refractivity contribution in [1.82, 2.24) is 0 Å². The molecule has 0 radical (unpaired) electrons. The highest BCUT2D eigenvalue weighted by atomic mass is 16.4. The Balaban J connectivity index is 4.32. The summed E-state index contributed by atoms with van der Waals surface area (Å²) in [5.41, 5.74) is -0.373. The van der Waals surface area contributed by atoms with E-state index in [0.29, 0.717) is 0 Å². The number of carbonyl (C=O) groups is 2. The Kier molecular flexibility index (Phi) is 3.19. The van der Waals surface area contributed by atoms with Gasteiger partial charge in [0.15, 0.2) is 5.78 Å². The summed E-state index contributed by atoms with van der Waals surface area (Å²) in [5, 5.41) is 8.39. The van der Waals surface area contributed by atoms with E-state index in [0.717, 1.165) is 0 Å². The number of aliphatic carboxylic acids is 1. The average Bonchev–Trinajstić information content (AvgIpc) is 1.82. The van der Waals surface area contributed by atoms with E-state index in [9.17, 15) is 9.59 Å². The van der Waals surface area contributed by atoms with Crippen LogP contribution >= 0.6 is 0 Å². The number of carboxylic acid groups (broad SMARTS) is 1. The number of carboxylic acids is 1. The lowest BCUT2D eigenvalue weighted by Gasteiger charge is -2.16. The molecule has 0 unspecified atom stereocenters. The van der Waals surface area contributed by atoms with Gasteiger partial charge >= 0.3 is 5.97 Å². The van der Waals surface area contributed by atoms with Crippen LogP contribution in [0.25, 0.3) is 0 Å². The van der Waals surface area contributed by atoms with Crippen molar-refractivity contribution in [2.75, 3.05) is 0 Å². The Bertz CT molecular complexity index is 220. The van der Waals surface area contributed by atoms with Gasteiger partial charge in [0.2, 0.25) is 0 Å². The Labute approximate surface area is 72.1 Å². The maximum Gasteiger partial charge on any atom is 0.307 e. The number of rotatable bonds is 3. The first-order valence-electron chi connectivity index (χ1n) is 3.69. The van der Waals surface area contributed by atoms with Crippen LogP contribution in [0.2, 0.25) is 0 Å². The normalized spacial score (nSPS) is 10.9. The highest BCUT2D eigenvalue weighted by Gasteiger charge is 2.24. The van der Waals surface area contributed by atoms with E-state index >= 15 is 0 Å². The molecule has 68 valence electrons. The van der Waals surface area contributed by atoms with Crippen LogP contribution in [0.3, 0.4) is 0 Å². The van der Waals surface area contributed by atoms with E-state index in [2.05, 4.69) is 6.58 Å². The molecular weight excluding hydrogens is 156 g/mol. The van der Waals surface area contributed by atoms with Gasteiger partial charge in [0.1, 0.15) is 0 Å². The molecule has 0 aromatic rings. The van der Waals surface area contributed by atoms with Gasteiger partial charge in [0, 0.05) is 5.41 Å². The summed E-state index contributed by atoms with van der Waals surface area (Å²) < 4.78 is 0. The fraction of sp³-hybridized carbons (Fsp3) is 0.556. The number of hydrogen-bond donors (Lipinski definition) is 1. The largest absolute Gasteiger partial charge is 0.481 e. The fourth-order valence-electron chi connectivity index (χ4n) is 0.793. The van der Waals surface area contributed by atoms with E-state index in [4.69, 9.17) is 5.11 Å². The molecule has 0 saturated carbocycles. The molecule has 0 aromatic heterocycles. The minimum atomic E-state index is -1.02. The van der Waals surface area contributed by atoms with Crippen molar-refractivity contribution in [3.05, 3.63) is 12.2 Å². The molecule has 3 nitrogen and oxygen atoms in total. The summed E-state index contributed by atoms with van der Waals surface area (Å²) in [6.07, 6.45) is -0.268. The molecule has 0 aliphatic heterocycles. The van der Waals surface area contributed by atoms with Crippen LogP contribution in [0, 0.1) is 5.41 Å². The molecular formula is C9H14O3. The van der Waals surface area contributed by atoms with Crippen LogP contribution in [-0.2, 0) is 9.59 Å². The van der Waals surface area contributed by atoms with Gasteiger partial charge in [-0.3, -0.25) is 9.59 Å². The Morgan fingerprint density at radius 2 is 1.75 bits per heavy atom. The van der Waals surface area contributed by atoms with Crippen LogP contribution in [0.1, 0.15) is 27.2 Å². The third-order valence-corrected chi connectivity index (χ3v) is 1.37. The summed E-state index contributed by atoms with van der Waals surface area (Å²) in [5.74, 6) is -1.21. The lowest BCUT2D eigenvalue weighted by atomic mass is 9.86. The van der Waals surface area contributed by atoms with Gasteiger partial charge in [-0.1, -0.05) is 27.4 Å². The van der Waals surface area contributed by atoms with E-state index < -0.39 is 11.4 Å². The number of Topliss-reactive ketones (excluding diaryl/α,β-unsaturated/α-hetero) is 1. The zero-order valence-electron chi connectivity index (χ0n) is 7.68. The predicted octanol–water partition coefficient (Wildman–Crippen LogP) is 1.63. The van der Waals surface area contributed by atoms with Gasteiger partial charge in [0.25, 0.3) is 0 Å². The van der Waals surface area contributed by atoms with Gasteiger partial charge in [-0.05, 0) is 5.57 Å². The third-order valence-electron chi connectivity index (χ3n) is 1.37. The molecule has 0 aliphatic rings. The fourth-order valence-corrected chi connectivity index (χ4v) is 0.793. The van der Waals surface area contributed by atoms with Crippen LogP contribution in [0.5, 0.6) is 0 Å². The van der Waals surface area contributed by atoms with Crippen molar-refractivity contribution in [1.29, 1.82) is 0 Å². The SMILES string of the molecule is C=C(CC(=O)O)C(=O)C(C)(C)C. The smallest absolute Gasteiger partial charge is 0.307 e. The quantitative estimate of drug-likeness (QED) is 0.655. The Morgan fingerprint density at radius 3 is 2.00 bits per heavy atom. The van der Waals surface area contributed by atoms with E-state index in [1.807, 2.05) is 0 Å². The van der Waals surface area contributed by atoms with Crippen molar-refractivity contribution in [2.24, 2.45) is 5.41 Å². The molecule has 0 heterocycles. The first-order valence-corrected chi connectivity index (χ1v) is 3.69. The standard InChI is InChI=1S/C9H14O3/c1-6(5-7(10)11)8(12)9(2,3)4/h1,5H2,2-4H3,(H,10,11). The molecule has 0 saturated heterocycles. The second-order valence-corrected chi connectivity index (χ2v) is 3.75. The van der Waals surface area contributed by atoms with Crippen molar-refractivity contribution >= 4 is 11.8 Å². The third kappa shape index (κ3) is 3.32. The highest BCUT2D eigenvalue weighted by Crippen LogP contribution is 2.20. The zero-order valence-corrected chi connectivity index (χ0v) is 7.68. The molecule has 12 heavy (non-hydrogen) atoms. The molecule has 3 heteroatoms. The second kappa shape index (κ2) is 3.52. The summed E-state index contributed by atoms with van der Waals surface area (Å²) >= 11 is 0. The number of hydrogen-bond acceptors (Lipinski definition) is 2. The van der Waals surface area contributed by atoms with E-state index in [1.54, 1.807) is 20.8 Å². The predicted molar refractivity (Wildman–Crippen MR) is 45.9 cm³/mol.